The lowest BCUT2D eigenvalue weighted by Crippen LogP contribution is -2.45. The minimum atomic E-state index is -0.316. The van der Waals surface area contributed by atoms with Crippen LogP contribution in [0.3, 0.4) is 0 Å². The zero-order chi connectivity index (χ0) is 19.2. The third-order valence-corrected chi connectivity index (χ3v) is 4.73. The second-order valence-corrected chi connectivity index (χ2v) is 7.48. The van der Waals surface area contributed by atoms with Crippen LogP contribution in [-0.2, 0) is 4.74 Å². The van der Waals surface area contributed by atoms with Crippen LogP contribution in [0.2, 0.25) is 0 Å². The maximum atomic E-state index is 11.8. The lowest BCUT2D eigenvalue weighted by atomic mass is 9.89. The Balaban J connectivity index is 1.58. The number of nitrogens with zero attached hydrogens (tertiary/aromatic N) is 3. The van der Waals surface area contributed by atoms with Crippen molar-refractivity contribution in [2.75, 3.05) is 24.6 Å². The second-order valence-electron chi connectivity index (χ2n) is 7.48. The Bertz CT molecular complexity index is 776. The highest BCUT2D eigenvalue weighted by Crippen LogP contribution is 2.21. The van der Waals surface area contributed by atoms with E-state index in [9.17, 15) is 4.79 Å². The topological polar surface area (TPSA) is 67.4 Å². The molecular formula is C20H27BN4O2. The maximum absolute atomic E-state index is 11.8. The molecule has 0 saturated carbocycles. The smallest absolute Gasteiger partial charge is 0.407 e. The first-order valence-corrected chi connectivity index (χ1v) is 9.59. The van der Waals surface area contributed by atoms with Gasteiger partial charge in [0, 0.05) is 19.1 Å². The van der Waals surface area contributed by atoms with Gasteiger partial charge >= 0.3 is 6.09 Å². The summed E-state index contributed by atoms with van der Waals surface area (Å²) in [5, 5.41) is 2.97. The number of aromatic nitrogens is 2. The Morgan fingerprint density at radius 2 is 2.04 bits per heavy atom. The predicted molar refractivity (Wildman–Crippen MR) is 110 cm³/mol. The number of amides is 1. The molecule has 1 fully saturated rings. The van der Waals surface area contributed by atoms with Crippen molar-refractivity contribution < 1.29 is 9.53 Å². The third kappa shape index (κ3) is 5.22. The fourth-order valence-corrected chi connectivity index (χ4v) is 3.20. The van der Waals surface area contributed by atoms with E-state index < -0.39 is 0 Å². The molecule has 0 aliphatic carbocycles. The molecule has 142 valence electrons. The van der Waals surface area contributed by atoms with Gasteiger partial charge in [-0.1, -0.05) is 43.6 Å². The predicted octanol–water partition coefficient (Wildman–Crippen LogP) is 1.75. The van der Waals surface area contributed by atoms with Gasteiger partial charge in [-0.15, -0.1) is 0 Å². The van der Waals surface area contributed by atoms with Gasteiger partial charge in [-0.25, -0.2) is 9.78 Å². The van der Waals surface area contributed by atoms with Gasteiger partial charge in [0.1, 0.15) is 13.7 Å². The summed E-state index contributed by atoms with van der Waals surface area (Å²) in [4.78, 5) is 23.3. The molecule has 1 aromatic carbocycles. The number of carbonyl (C=O) groups is 1. The van der Waals surface area contributed by atoms with Crippen LogP contribution < -0.4 is 15.7 Å². The summed E-state index contributed by atoms with van der Waals surface area (Å²) in [6, 6.07) is 8.35. The Hall–Kier alpha value is -2.57. The van der Waals surface area contributed by atoms with E-state index in [-0.39, 0.29) is 12.1 Å². The van der Waals surface area contributed by atoms with Crippen molar-refractivity contribution >= 4 is 25.2 Å². The molecule has 3 rings (SSSR count). The van der Waals surface area contributed by atoms with Crippen molar-refractivity contribution in [2.24, 2.45) is 5.92 Å². The van der Waals surface area contributed by atoms with Crippen LogP contribution in [0.25, 0.3) is 11.3 Å². The van der Waals surface area contributed by atoms with Crippen LogP contribution in [0.5, 0.6) is 0 Å². The molecule has 0 atom stereocenters. The maximum Gasteiger partial charge on any atom is 0.407 e. The summed E-state index contributed by atoms with van der Waals surface area (Å²) in [5.41, 5.74) is 3.19. The molecule has 7 heteroatoms. The number of ether oxygens (including phenoxy) is 1. The Kier molecular flexibility index (Phi) is 6.32. The number of carbonyl (C=O) groups excluding carboxylic acids is 1. The number of benzene rings is 1. The van der Waals surface area contributed by atoms with E-state index >= 15 is 0 Å². The number of anilines is 1. The minimum absolute atomic E-state index is 0.147. The van der Waals surface area contributed by atoms with Crippen molar-refractivity contribution in [3.8, 4) is 11.3 Å². The molecule has 1 saturated heterocycles. The standard InChI is InChI=1S/C20H27BN4O2/c1-14(2)13-27-20(26)23-15-7-9-25(10-8-15)19-12-22-11-18(24-19)16-5-3-4-6-17(16)21/h3-6,11-12,14-15H,7-10,13,21H2,1-2H3,(H,23,26). The number of hydrogen-bond donors (Lipinski definition) is 1. The van der Waals surface area contributed by atoms with Gasteiger partial charge in [0.2, 0.25) is 0 Å². The first-order valence-electron chi connectivity index (χ1n) is 9.59. The van der Waals surface area contributed by atoms with Crippen molar-refractivity contribution in [1.29, 1.82) is 0 Å². The third-order valence-electron chi connectivity index (χ3n) is 4.73. The molecule has 1 N–H and O–H groups in total. The SMILES string of the molecule is Bc1ccccc1-c1cncc(N2CCC(NC(=O)OCC(C)C)CC2)n1. The largest absolute Gasteiger partial charge is 0.449 e. The lowest BCUT2D eigenvalue weighted by molar-refractivity contribution is 0.128. The average Bonchev–Trinajstić information content (AvgIpc) is 2.67. The zero-order valence-corrected chi connectivity index (χ0v) is 16.3. The van der Waals surface area contributed by atoms with Gasteiger partial charge in [-0.2, -0.15) is 0 Å². The van der Waals surface area contributed by atoms with Crippen molar-refractivity contribution in [3.63, 3.8) is 0 Å². The quantitative estimate of drug-likeness (QED) is 0.817. The first kappa shape index (κ1) is 19.2. The minimum Gasteiger partial charge on any atom is -0.449 e. The van der Waals surface area contributed by atoms with Gasteiger partial charge in [0.05, 0.1) is 24.7 Å². The van der Waals surface area contributed by atoms with Crippen LogP contribution in [0.4, 0.5) is 10.6 Å². The summed E-state index contributed by atoms with van der Waals surface area (Å²) in [7, 11) is 2.08. The summed E-state index contributed by atoms with van der Waals surface area (Å²) in [6.07, 6.45) is 5.04. The van der Waals surface area contributed by atoms with Gasteiger partial charge in [0.25, 0.3) is 0 Å². The highest BCUT2D eigenvalue weighted by atomic mass is 16.5. The zero-order valence-electron chi connectivity index (χ0n) is 16.3. The summed E-state index contributed by atoms with van der Waals surface area (Å²) in [6.45, 7) is 6.17. The average molecular weight is 366 g/mol. The lowest BCUT2D eigenvalue weighted by Gasteiger charge is -2.33. The summed E-state index contributed by atoms with van der Waals surface area (Å²) < 4.78 is 5.21. The van der Waals surface area contributed by atoms with Crippen molar-refractivity contribution in [3.05, 3.63) is 36.7 Å². The normalized spacial score (nSPS) is 15.0. The molecular weight excluding hydrogens is 339 g/mol. The van der Waals surface area contributed by atoms with E-state index in [4.69, 9.17) is 9.72 Å². The Labute approximate surface area is 161 Å². The molecule has 0 unspecified atom stereocenters. The molecule has 0 bridgehead atoms. The molecule has 0 radical (unpaired) electrons. The van der Waals surface area contributed by atoms with Gasteiger partial charge in [-0.05, 0) is 24.3 Å². The van der Waals surface area contributed by atoms with Crippen LogP contribution >= 0.6 is 0 Å². The monoisotopic (exact) mass is 366 g/mol. The number of nitrogens with one attached hydrogen (secondary N) is 1. The van der Waals surface area contributed by atoms with Crippen molar-refractivity contribution in [1.82, 2.24) is 15.3 Å². The second kappa shape index (κ2) is 8.89. The summed E-state index contributed by atoms with van der Waals surface area (Å²) >= 11 is 0. The van der Waals surface area contributed by atoms with E-state index in [0.717, 1.165) is 43.0 Å². The number of piperidine rings is 1. The van der Waals surface area contributed by atoms with E-state index in [0.29, 0.717) is 12.5 Å². The van der Waals surface area contributed by atoms with Gasteiger partial charge in [0.15, 0.2) is 0 Å². The van der Waals surface area contributed by atoms with Crippen LogP contribution in [-0.4, -0.2) is 49.6 Å². The molecule has 0 spiro atoms. The molecule has 2 aromatic rings. The molecule has 1 amide bonds. The van der Waals surface area contributed by atoms with E-state index in [1.54, 1.807) is 0 Å². The Morgan fingerprint density at radius 3 is 2.74 bits per heavy atom. The Morgan fingerprint density at radius 1 is 1.30 bits per heavy atom. The summed E-state index contributed by atoms with van der Waals surface area (Å²) in [5.74, 6) is 1.23. The molecule has 6 nitrogen and oxygen atoms in total. The van der Waals surface area contributed by atoms with Gasteiger partial charge in [-0.3, -0.25) is 4.98 Å². The molecule has 1 aliphatic rings. The molecule has 1 aromatic heterocycles. The highest BCUT2D eigenvalue weighted by Gasteiger charge is 2.22. The molecule has 1 aliphatic heterocycles. The molecule has 27 heavy (non-hydrogen) atoms. The van der Waals surface area contributed by atoms with E-state index in [1.807, 2.05) is 38.4 Å². The fraction of sp³-hybridized carbons (Fsp3) is 0.450. The fourth-order valence-electron chi connectivity index (χ4n) is 3.20. The van der Waals surface area contributed by atoms with E-state index in [2.05, 4.69) is 35.2 Å². The number of hydrogen-bond acceptors (Lipinski definition) is 5. The van der Waals surface area contributed by atoms with Crippen LogP contribution in [0.15, 0.2) is 36.7 Å². The van der Waals surface area contributed by atoms with Crippen LogP contribution in [0, 0.1) is 5.92 Å². The number of alkyl carbamates (subject to hydrolysis) is 1. The van der Waals surface area contributed by atoms with Crippen LogP contribution in [0.1, 0.15) is 26.7 Å². The molecule has 2 heterocycles. The number of rotatable bonds is 5. The van der Waals surface area contributed by atoms with Gasteiger partial charge < -0.3 is 15.0 Å². The van der Waals surface area contributed by atoms with Crippen molar-refractivity contribution in [2.45, 2.75) is 32.7 Å². The first-order chi connectivity index (χ1) is 13.0. The van der Waals surface area contributed by atoms with E-state index in [1.165, 1.54) is 5.46 Å². The highest BCUT2D eigenvalue weighted by molar-refractivity contribution is 6.35.